The Labute approximate surface area is 242 Å². The normalized spacial score (nSPS) is 10.7. The molecule has 0 spiro atoms. The first-order valence-electron chi connectivity index (χ1n) is 14.1. The molecule has 0 saturated heterocycles. The maximum atomic E-state index is 4.84. The number of aliphatic imine (C=N–C) groups is 1. The lowest BCUT2D eigenvalue weighted by Crippen LogP contribution is -2.00. The number of hydrogen-bond acceptors (Lipinski definition) is 7. The van der Waals surface area contributed by atoms with Crippen molar-refractivity contribution in [3.63, 3.8) is 0 Å². The Morgan fingerprint density at radius 1 is 0.658 bits per heavy atom. The highest BCUT2D eigenvalue weighted by atomic mass is 32.1. The lowest BCUT2D eigenvalue weighted by atomic mass is 10.1. The Hall–Kier alpha value is -2.12. The van der Waals surface area contributed by atoms with Crippen molar-refractivity contribution in [2.45, 2.75) is 115 Å². The fraction of sp³-hybridized carbons (Fsp3) is 0.613. The molecule has 5 nitrogen and oxygen atoms in total. The van der Waals surface area contributed by atoms with E-state index in [1.807, 2.05) is 70.8 Å². The van der Waals surface area contributed by atoms with Crippen molar-refractivity contribution in [2.75, 3.05) is 6.54 Å². The van der Waals surface area contributed by atoms with E-state index < -0.39 is 0 Å². The molecule has 1 aliphatic rings. The summed E-state index contributed by atoms with van der Waals surface area (Å²) in [6.45, 7) is 30.0. The van der Waals surface area contributed by atoms with Gasteiger partial charge < -0.3 is 4.52 Å². The minimum absolute atomic E-state index is 0.456. The van der Waals surface area contributed by atoms with Crippen LogP contribution in [0.1, 0.15) is 130 Å². The molecule has 3 aromatic heterocycles. The molecule has 3 aromatic rings. The highest BCUT2D eigenvalue weighted by molar-refractivity contribution is 7.09. The van der Waals surface area contributed by atoms with E-state index in [4.69, 9.17) is 4.52 Å². The maximum absolute atomic E-state index is 4.84. The molecule has 218 valence electrons. The Morgan fingerprint density at radius 3 is 1.29 bits per heavy atom. The molecule has 38 heavy (non-hydrogen) atoms. The van der Waals surface area contributed by atoms with Crippen LogP contribution in [0.2, 0.25) is 0 Å². The van der Waals surface area contributed by atoms with Crippen molar-refractivity contribution in [1.29, 1.82) is 0 Å². The van der Waals surface area contributed by atoms with E-state index in [0.717, 1.165) is 12.3 Å². The molecule has 0 saturated carbocycles. The third kappa shape index (κ3) is 20.9. The van der Waals surface area contributed by atoms with Crippen LogP contribution in [0.5, 0.6) is 0 Å². The summed E-state index contributed by atoms with van der Waals surface area (Å²) in [6.07, 6.45) is 9.55. The van der Waals surface area contributed by atoms with Gasteiger partial charge in [0.25, 0.3) is 0 Å². The zero-order chi connectivity index (χ0) is 29.9. The monoisotopic (exact) mass is 564 g/mol. The molecular weight excluding hydrogens is 509 g/mol. The molecule has 0 amide bonds. The van der Waals surface area contributed by atoms with Crippen LogP contribution in [0.25, 0.3) is 0 Å². The summed E-state index contributed by atoms with van der Waals surface area (Å²) in [5, 5.41) is 10.0. The second-order valence-corrected chi connectivity index (χ2v) is 10.3. The van der Waals surface area contributed by atoms with Gasteiger partial charge in [-0.2, -0.15) is 0 Å². The zero-order valence-corrected chi connectivity index (χ0v) is 28.3. The molecule has 0 N–H and O–H groups in total. The van der Waals surface area contributed by atoms with Gasteiger partial charge in [-0.15, -0.1) is 22.7 Å². The van der Waals surface area contributed by atoms with E-state index in [-0.39, 0.29) is 0 Å². The van der Waals surface area contributed by atoms with Gasteiger partial charge in [0, 0.05) is 52.7 Å². The summed E-state index contributed by atoms with van der Waals surface area (Å²) in [4.78, 5) is 12.5. The van der Waals surface area contributed by atoms with Crippen molar-refractivity contribution >= 4 is 28.4 Å². The van der Waals surface area contributed by atoms with E-state index in [0.29, 0.717) is 23.7 Å². The molecule has 7 heteroatoms. The Morgan fingerprint density at radius 2 is 1.13 bits per heavy atom. The van der Waals surface area contributed by atoms with Crippen LogP contribution in [0.4, 0.5) is 0 Å². The van der Waals surface area contributed by atoms with Gasteiger partial charge >= 0.3 is 0 Å². The van der Waals surface area contributed by atoms with Crippen LogP contribution in [-0.4, -0.2) is 27.4 Å². The first kappa shape index (κ1) is 40.4. The molecule has 0 aromatic carbocycles. The largest absolute Gasteiger partial charge is 0.361 e. The quantitative estimate of drug-likeness (QED) is 0.316. The van der Waals surface area contributed by atoms with E-state index in [1.54, 1.807) is 28.9 Å². The van der Waals surface area contributed by atoms with Gasteiger partial charge in [0.15, 0.2) is 0 Å². The SMILES string of the molecule is CC.CC.CC.CC(C)C1=NCC=C1.CC(C)c1ccno1.CC(C)c1nccs1.CC(C)c1nccs1. The summed E-state index contributed by atoms with van der Waals surface area (Å²) in [5.41, 5.74) is 1.24. The minimum Gasteiger partial charge on any atom is -0.361 e. The molecule has 0 atom stereocenters. The summed E-state index contributed by atoms with van der Waals surface area (Å²) in [6, 6.07) is 1.88. The Bertz CT molecular complexity index is 774. The first-order chi connectivity index (χ1) is 18.2. The first-order valence-corrected chi connectivity index (χ1v) is 15.9. The molecule has 0 unspecified atom stereocenters. The lowest BCUT2D eigenvalue weighted by Gasteiger charge is -1.98. The van der Waals surface area contributed by atoms with Gasteiger partial charge in [-0.3, -0.25) is 4.99 Å². The number of aromatic nitrogens is 3. The third-order valence-electron chi connectivity index (χ3n) is 4.18. The average molecular weight is 565 g/mol. The number of rotatable bonds is 4. The Balaban J connectivity index is -0.000000402. The number of thiazole rings is 2. The van der Waals surface area contributed by atoms with Crippen molar-refractivity contribution < 1.29 is 4.52 Å². The molecule has 0 radical (unpaired) electrons. The maximum Gasteiger partial charge on any atom is 0.139 e. The summed E-state index contributed by atoms with van der Waals surface area (Å²) in [5.74, 6) is 3.20. The van der Waals surface area contributed by atoms with Gasteiger partial charge in [0.2, 0.25) is 0 Å². The molecule has 0 bridgehead atoms. The molecule has 4 rings (SSSR count). The summed E-state index contributed by atoms with van der Waals surface area (Å²) < 4.78 is 4.84. The number of hydrogen-bond donors (Lipinski definition) is 0. The standard InChI is InChI=1S/C7H11N.C6H9NO.2C6H9NS.3C2H6/c1-6(2)7-4-3-5-8-7;1-5(2)6-3-4-7-8-6;2*1-5(2)6-7-3-4-8-6;3*1-2/h3-4,6H,5H2,1-2H3;3*3-5H,1-2H3;3*1-2H3. The van der Waals surface area contributed by atoms with Gasteiger partial charge in [-0.1, -0.05) is 108 Å². The predicted molar refractivity (Wildman–Crippen MR) is 173 cm³/mol. The smallest absolute Gasteiger partial charge is 0.139 e. The van der Waals surface area contributed by atoms with Gasteiger partial charge in [-0.25, -0.2) is 9.97 Å². The zero-order valence-electron chi connectivity index (χ0n) is 26.6. The van der Waals surface area contributed by atoms with Gasteiger partial charge in [0.1, 0.15) is 5.76 Å². The highest BCUT2D eigenvalue weighted by Crippen LogP contribution is 2.16. The van der Waals surface area contributed by atoms with Gasteiger partial charge in [-0.05, 0) is 12.0 Å². The lowest BCUT2D eigenvalue weighted by molar-refractivity contribution is 0.371. The van der Waals surface area contributed by atoms with E-state index in [2.05, 4.69) is 87.7 Å². The molecule has 0 aliphatic carbocycles. The summed E-state index contributed by atoms with van der Waals surface area (Å²) in [7, 11) is 0. The van der Waals surface area contributed by atoms with Crippen LogP contribution in [-0.2, 0) is 0 Å². The Kier molecular flexibility index (Phi) is 29.6. The molecule has 4 heterocycles. The second kappa shape index (κ2) is 27.9. The van der Waals surface area contributed by atoms with Crippen LogP contribution in [0.15, 0.2) is 57.1 Å². The molecule has 1 aliphatic heterocycles. The van der Waals surface area contributed by atoms with E-state index in [9.17, 15) is 0 Å². The van der Waals surface area contributed by atoms with Crippen molar-refractivity contribution in [3.05, 3.63) is 63.3 Å². The molecule has 0 fully saturated rings. The van der Waals surface area contributed by atoms with E-state index >= 15 is 0 Å². The topological polar surface area (TPSA) is 64.2 Å². The third-order valence-corrected chi connectivity index (χ3v) is 6.33. The van der Waals surface area contributed by atoms with Gasteiger partial charge in [0.05, 0.1) is 22.8 Å². The predicted octanol–water partition coefficient (Wildman–Crippen LogP) is 11.1. The van der Waals surface area contributed by atoms with Crippen LogP contribution < -0.4 is 0 Å². The highest BCUT2D eigenvalue weighted by Gasteiger charge is 2.02. The second-order valence-electron chi connectivity index (χ2n) is 8.44. The summed E-state index contributed by atoms with van der Waals surface area (Å²) >= 11 is 3.44. The average Bonchev–Trinajstić information content (AvgIpc) is 3.76. The van der Waals surface area contributed by atoms with E-state index in [1.165, 1.54) is 15.7 Å². The van der Waals surface area contributed by atoms with Crippen LogP contribution in [0, 0.1) is 5.92 Å². The van der Waals surface area contributed by atoms with Crippen LogP contribution in [0.3, 0.4) is 0 Å². The van der Waals surface area contributed by atoms with Crippen molar-refractivity contribution in [1.82, 2.24) is 15.1 Å². The van der Waals surface area contributed by atoms with Crippen molar-refractivity contribution in [3.8, 4) is 0 Å². The minimum atomic E-state index is 0.456. The fourth-order valence-electron chi connectivity index (χ4n) is 2.32. The number of allylic oxidation sites excluding steroid dienone is 1. The number of nitrogens with zero attached hydrogens (tertiary/aromatic N) is 4. The molecular formula is C31H56N4OS2. The van der Waals surface area contributed by atoms with Crippen LogP contribution >= 0.6 is 22.7 Å². The van der Waals surface area contributed by atoms with Crippen molar-refractivity contribution in [2.24, 2.45) is 10.9 Å². The fourth-order valence-corrected chi connectivity index (χ4v) is 3.63.